The van der Waals surface area contributed by atoms with Gasteiger partial charge in [-0.15, -0.1) is 0 Å². The fourth-order valence-electron chi connectivity index (χ4n) is 1.03. The average Bonchev–Trinajstić information content (AvgIpc) is 2.08. The molecule has 0 spiro atoms. The second-order valence-electron chi connectivity index (χ2n) is 4.47. The van der Waals surface area contributed by atoms with Gasteiger partial charge in [-0.1, -0.05) is 0 Å². The first-order chi connectivity index (χ1) is 7.26. The summed E-state index contributed by atoms with van der Waals surface area (Å²) in [5.41, 5.74) is 4.63. The number of carboxylic acid groups (broad SMARTS) is 1. The molecule has 1 amide bonds. The van der Waals surface area contributed by atoms with E-state index in [4.69, 9.17) is 15.6 Å². The van der Waals surface area contributed by atoms with Crippen LogP contribution >= 0.6 is 0 Å². The number of carbonyl (C=O) groups excluding carboxylic acids is 1. The minimum atomic E-state index is -1.08. The summed E-state index contributed by atoms with van der Waals surface area (Å²) in [6.07, 6.45) is 0.106. The number of aliphatic carboxylic acids is 1. The maximum atomic E-state index is 11.3. The number of hydrogen-bond donors (Lipinski definition) is 3. The van der Waals surface area contributed by atoms with Gasteiger partial charge in [0, 0.05) is 0 Å². The molecule has 0 fully saturated rings. The molecule has 16 heavy (non-hydrogen) atoms. The Hall–Kier alpha value is -1.30. The zero-order valence-electron chi connectivity index (χ0n) is 9.95. The third-order valence-corrected chi connectivity index (χ3v) is 1.69. The number of nitrogens with one attached hydrogen (secondary N) is 1. The van der Waals surface area contributed by atoms with Gasteiger partial charge in [0.05, 0.1) is 0 Å². The van der Waals surface area contributed by atoms with Gasteiger partial charge >= 0.3 is 12.1 Å². The summed E-state index contributed by atoms with van der Waals surface area (Å²) in [5, 5.41) is 11.1. The number of amides is 1. The zero-order chi connectivity index (χ0) is 12.8. The number of carboxylic acids is 1. The van der Waals surface area contributed by atoms with Crippen molar-refractivity contribution in [3.63, 3.8) is 0 Å². The van der Waals surface area contributed by atoms with Gasteiger partial charge in [-0.05, 0) is 40.2 Å². The molecule has 4 N–H and O–H groups in total. The van der Waals surface area contributed by atoms with Crippen LogP contribution in [0.2, 0.25) is 0 Å². The van der Waals surface area contributed by atoms with Gasteiger partial charge in [0.15, 0.2) is 0 Å². The lowest BCUT2D eigenvalue weighted by Gasteiger charge is -2.21. The van der Waals surface area contributed by atoms with Crippen molar-refractivity contribution in [2.75, 3.05) is 6.54 Å². The predicted molar refractivity (Wildman–Crippen MR) is 59.1 cm³/mol. The SMILES string of the molecule is CC(C)(C)OC(=O)NC(CCCN)C(=O)O. The van der Waals surface area contributed by atoms with Crippen LogP contribution in [0.3, 0.4) is 0 Å². The van der Waals surface area contributed by atoms with E-state index in [1.54, 1.807) is 20.8 Å². The molecule has 1 atom stereocenters. The van der Waals surface area contributed by atoms with Gasteiger partial charge in [0.25, 0.3) is 0 Å². The highest BCUT2D eigenvalue weighted by Gasteiger charge is 2.23. The molecule has 0 rings (SSSR count). The minimum Gasteiger partial charge on any atom is -0.480 e. The quantitative estimate of drug-likeness (QED) is 0.647. The molecule has 0 aliphatic carbocycles. The summed E-state index contributed by atoms with van der Waals surface area (Å²) < 4.78 is 4.95. The van der Waals surface area contributed by atoms with E-state index in [2.05, 4.69) is 5.32 Å². The molecule has 0 aromatic heterocycles. The van der Waals surface area contributed by atoms with Gasteiger partial charge in [-0.3, -0.25) is 0 Å². The Kier molecular flexibility index (Phi) is 5.81. The number of alkyl carbamates (subject to hydrolysis) is 1. The molecule has 6 heteroatoms. The number of carbonyl (C=O) groups is 2. The average molecular weight is 232 g/mol. The lowest BCUT2D eigenvalue weighted by atomic mass is 10.1. The summed E-state index contributed by atoms with van der Waals surface area (Å²) in [6, 6.07) is -0.946. The molecule has 0 heterocycles. The first kappa shape index (κ1) is 14.7. The molecule has 0 aromatic rings. The Morgan fingerprint density at radius 2 is 2.00 bits per heavy atom. The van der Waals surface area contributed by atoms with Crippen LogP contribution in [0.25, 0.3) is 0 Å². The van der Waals surface area contributed by atoms with E-state index in [-0.39, 0.29) is 0 Å². The summed E-state index contributed by atoms with van der Waals surface area (Å²) in [6.45, 7) is 5.52. The van der Waals surface area contributed by atoms with Crippen LogP contribution in [-0.2, 0) is 9.53 Å². The minimum absolute atomic E-state index is 0.297. The lowest BCUT2D eigenvalue weighted by molar-refractivity contribution is -0.139. The van der Waals surface area contributed by atoms with Crippen molar-refractivity contribution in [1.29, 1.82) is 0 Å². The largest absolute Gasteiger partial charge is 0.480 e. The maximum Gasteiger partial charge on any atom is 0.408 e. The monoisotopic (exact) mass is 232 g/mol. The van der Waals surface area contributed by atoms with Gasteiger partial charge in [-0.25, -0.2) is 9.59 Å². The Balaban J connectivity index is 4.19. The van der Waals surface area contributed by atoms with Crippen LogP contribution in [0.1, 0.15) is 33.6 Å². The molecule has 0 saturated carbocycles. The van der Waals surface area contributed by atoms with Crippen molar-refractivity contribution in [2.45, 2.75) is 45.3 Å². The second kappa shape index (κ2) is 6.32. The van der Waals surface area contributed by atoms with Crippen LogP contribution in [0, 0.1) is 0 Å². The van der Waals surface area contributed by atoms with Crippen molar-refractivity contribution in [3.05, 3.63) is 0 Å². The Labute approximate surface area is 95.1 Å². The fraction of sp³-hybridized carbons (Fsp3) is 0.800. The van der Waals surface area contributed by atoms with E-state index in [0.717, 1.165) is 0 Å². The highest BCUT2D eigenvalue weighted by molar-refractivity contribution is 5.79. The summed E-state index contributed by atoms with van der Waals surface area (Å²) in [7, 11) is 0. The van der Waals surface area contributed by atoms with Crippen LogP contribution < -0.4 is 11.1 Å². The van der Waals surface area contributed by atoms with Crippen molar-refractivity contribution >= 4 is 12.1 Å². The topological polar surface area (TPSA) is 102 Å². The molecule has 0 saturated heterocycles. The van der Waals surface area contributed by atoms with Gasteiger partial charge in [-0.2, -0.15) is 0 Å². The van der Waals surface area contributed by atoms with E-state index in [1.165, 1.54) is 0 Å². The first-order valence-corrected chi connectivity index (χ1v) is 5.18. The Morgan fingerprint density at radius 1 is 1.44 bits per heavy atom. The lowest BCUT2D eigenvalue weighted by Crippen LogP contribution is -2.43. The van der Waals surface area contributed by atoms with Crippen LogP contribution in [0.5, 0.6) is 0 Å². The molecule has 0 bridgehead atoms. The standard InChI is InChI=1S/C10H20N2O4/c1-10(2,3)16-9(15)12-7(8(13)14)5-4-6-11/h7H,4-6,11H2,1-3H3,(H,12,15)(H,13,14). The van der Waals surface area contributed by atoms with Gasteiger partial charge < -0.3 is 20.9 Å². The van der Waals surface area contributed by atoms with Crippen molar-refractivity contribution in [1.82, 2.24) is 5.32 Å². The van der Waals surface area contributed by atoms with Gasteiger partial charge in [0.2, 0.25) is 0 Å². The molecule has 1 unspecified atom stereocenters. The normalized spacial score (nSPS) is 13.0. The van der Waals surface area contributed by atoms with E-state index < -0.39 is 23.7 Å². The smallest absolute Gasteiger partial charge is 0.408 e. The highest BCUT2D eigenvalue weighted by atomic mass is 16.6. The predicted octanol–water partition coefficient (Wildman–Crippen LogP) is 0.703. The third kappa shape index (κ3) is 7.05. The van der Waals surface area contributed by atoms with Crippen molar-refractivity contribution < 1.29 is 19.4 Å². The molecule has 0 aromatic carbocycles. The first-order valence-electron chi connectivity index (χ1n) is 5.18. The molecule has 0 aliphatic rings. The molecule has 6 nitrogen and oxygen atoms in total. The highest BCUT2D eigenvalue weighted by Crippen LogP contribution is 2.07. The van der Waals surface area contributed by atoms with E-state index >= 15 is 0 Å². The molecule has 0 aliphatic heterocycles. The second-order valence-corrected chi connectivity index (χ2v) is 4.47. The number of nitrogens with two attached hydrogens (primary N) is 1. The Bertz CT molecular complexity index is 248. The molecule has 94 valence electrons. The van der Waals surface area contributed by atoms with Crippen molar-refractivity contribution in [3.8, 4) is 0 Å². The number of hydrogen-bond acceptors (Lipinski definition) is 4. The van der Waals surface area contributed by atoms with Crippen LogP contribution in [0.4, 0.5) is 4.79 Å². The Morgan fingerprint density at radius 3 is 2.38 bits per heavy atom. The van der Waals surface area contributed by atoms with E-state index in [1.807, 2.05) is 0 Å². The van der Waals surface area contributed by atoms with E-state index in [9.17, 15) is 9.59 Å². The fourth-order valence-corrected chi connectivity index (χ4v) is 1.03. The van der Waals surface area contributed by atoms with Crippen LogP contribution in [0.15, 0.2) is 0 Å². The molecular formula is C10H20N2O4. The number of rotatable bonds is 5. The summed E-state index contributed by atoms with van der Waals surface area (Å²) in [4.78, 5) is 22.1. The molecule has 0 radical (unpaired) electrons. The van der Waals surface area contributed by atoms with Gasteiger partial charge in [0.1, 0.15) is 11.6 Å². The number of ether oxygens (including phenoxy) is 1. The van der Waals surface area contributed by atoms with E-state index in [0.29, 0.717) is 19.4 Å². The zero-order valence-corrected chi connectivity index (χ0v) is 9.95. The molecular weight excluding hydrogens is 212 g/mol. The summed E-state index contributed by atoms with van der Waals surface area (Å²) >= 11 is 0. The maximum absolute atomic E-state index is 11.3. The van der Waals surface area contributed by atoms with Crippen LogP contribution in [-0.4, -0.2) is 35.4 Å². The third-order valence-electron chi connectivity index (χ3n) is 1.69. The van der Waals surface area contributed by atoms with Crippen molar-refractivity contribution in [2.24, 2.45) is 5.73 Å². The summed E-state index contributed by atoms with van der Waals surface area (Å²) in [5.74, 6) is -1.08.